The highest BCUT2D eigenvalue weighted by Gasteiger charge is 2.30. The number of benzene rings is 1. The molecule has 1 aromatic rings. The molecule has 0 saturated heterocycles. The van der Waals surface area contributed by atoms with Crippen LogP contribution in [-0.4, -0.2) is 12.1 Å². The minimum absolute atomic E-state index is 0.540. The zero-order valence-corrected chi connectivity index (χ0v) is 8.95. The van der Waals surface area contributed by atoms with Crippen LogP contribution in [0.25, 0.3) is 0 Å². The number of carbonyl (C=O) groups excluding carboxylic acids is 1. The second-order valence-corrected chi connectivity index (χ2v) is 3.86. The van der Waals surface area contributed by atoms with Crippen LogP contribution in [0.1, 0.15) is 36.2 Å². The lowest BCUT2D eigenvalue weighted by Gasteiger charge is -2.34. The highest BCUT2D eigenvalue weighted by atomic mass is 16.7. The smallest absolute Gasteiger partial charge is 0.207 e. The van der Waals surface area contributed by atoms with Gasteiger partial charge in [0.1, 0.15) is 12.0 Å². The number of carbonyl (C=O) groups is 1. The van der Waals surface area contributed by atoms with E-state index in [4.69, 9.17) is 9.47 Å². The fourth-order valence-corrected chi connectivity index (χ4v) is 1.53. The van der Waals surface area contributed by atoms with Crippen molar-refractivity contribution < 1.29 is 14.3 Å². The summed E-state index contributed by atoms with van der Waals surface area (Å²) in [5.74, 6) is 0.198. The molecule has 3 nitrogen and oxygen atoms in total. The van der Waals surface area contributed by atoms with Gasteiger partial charge in [-0.15, -0.1) is 0 Å². The lowest BCUT2D eigenvalue weighted by molar-refractivity contribution is -0.194. The summed E-state index contributed by atoms with van der Waals surface area (Å²) in [7, 11) is 0. The molecule has 15 heavy (non-hydrogen) atoms. The molecule has 1 aromatic carbocycles. The van der Waals surface area contributed by atoms with Gasteiger partial charge < -0.3 is 9.47 Å². The number of hydrogen-bond donors (Lipinski definition) is 0. The monoisotopic (exact) mass is 206 g/mol. The third kappa shape index (κ3) is 1.88. The normalized spacial score (nSPS) is 24.1. The number of ether oxygens (including phenoxy) is 2. The summed E-state index contributed by atoms with van der Waals surface area (Å²) in [6, 6.07) is 5.40. The molecule has 1 atom stereocenters. The zero-order valence-electron chi connectivity index (χ0n) is 8.95. The molecule has 0 N–H and O–H groups in total. The van der Waals surface area contributed by atoms with Gasteiger partial charge >= 0.3 is 0 Å². The molecule has 1 aliphatic rings. The van der Waals surface area contributed by atoms with Gasteiger partial charge in [0.25, 0.3) is 0 Å². The van der Waals surface area contributed by atoms with E-state index in [1.165, 1.54) is 0 Å². The van der Waals surface area contributed by atoms with Crippen LogP contribution in [0.2, 0.25) is 0 Å². The zero-order chi connectivity index (χ0) is 10.9. The highest BCUT2D eigenvalue weighted by molar-refractivity contribution is 5.75. The molecule has 0 aliphatic carbocycles. The van der Waals surface area contributed by atoms with Gasteiger partial charge in [-0.2, -0.15) is 0 Å². The fraction of sp³-hybridized carbons (Fsp3) is 0.417. The second kappa shape index (κ2) is 3.66. The molecule has 1 heterocycles. The molecule has 80 valence electrons. The topological polar surface area (TPSA) is 35.5 Å². The first-order chi connectivity index (χ1) is 7.17. The van der Waals surface area contributed by atoms with E-state index >= 15 is 0 Å². The van der Waals surface area contributed by atoms with E-state index in [0.717, 1.165) is 24.0 Å². The van der Waals surface area contributed by atoms with Crippen molar-refractivity contribution in [3.63, 3.8) is 0 Å². The molecule has 0 radical (unpaired) electrons. The first-order valence-corrected chi connectivity index (χ1v) is 5.08. The van der Waals surface area contributed by atoms with E-state index in [1.807, 2.05) is 19.9 Å². The Bertz CT molecular complexity index is 386. The summed E-state index contributed by atoms with van der Waals surface area (Å²) in [6.45, 7) is 4.46. The Balaban J connectivity index is 2.35. The summed E-state index contributed by atoms with van der Waals surface area (Å²) in [5, 5.41) is 0. The van der Waals surface area contributed by atoms with Crippen LogP contribution in [0, 0.1) is 0 Å². The predicted octanol–water partition coefficient (Wildman–Crippen LogP) is 2.53. The van der Waals surface area contributed by atoms with Gasteiger partial charge in [-0.3, -0.25) is 4.79 Å². The third-order valence-corrected chi connectivity index (χ3v) is 2.73. The summed E-state index contributed by atoms with van der Waals surface area (Å²) in [4.78, 5) is 10.6. The Morgan fingerprint density at radius 1 is 1.53 bits per heavy atom. The minimum atomic E-state index is -0.561. The Morgan fingerprint density at radius 3 is 3.00 bits per heavy atom. The summed E-state index contributed by atoms with van der Waals surface area (Å²) >= 11 is 0. The SMILES string of the molecule is CCC1(C)OCc2ccc(C=O)cc2O1. The standard InChI is InChI=1S/C12H14O3/c1-3-12(2)14-8-10-5-4-9(7-13)6-11(10)15-12/h4-7H,3,8H2,1-2H3. The van der Waals surface area contributed by atoms with Crippen molar-refractivity contribution in [1.29, 1.82) is 0 Å². The fourth-order valence-electron chi connectivity index (χ4n) is 1.53. The Labute approximate surface area is 89.0 Å². The van der Waals surface area contributed by atoms with Crippen LogP contribution in [0.15, 0.2) is 18.2 Å². The Hall–Kier alpha value is -1.35. The van der Waals surface area contributed by atoms with Gasteiger partial charge in [0.05, 0.1) is 6.61 Å². The van der Waals surface area contributed by atoms with Crippen LogP contribution in [-0.2, 0) is 11.3 Å². The maximum Gasteiger partial charge on any atom is 0.207 e. The Morgan fingerprint density at radius 2 is 2.33 bits per heavy atom. The maximum absolute atomic E-state index is 10.6. The van der Waals surface area contributed by atoms with E-state index < -0.39 is 5.79 Å². The number of fused-ring (bicyclic) bond motifs is 1. The first-order valence-electron chi connectivity index (χ1n) is 5.08. The predicted molar refractivity (Wildman–Crippen MR) is 55.9 cm³/mol. The number of hydrogen-bond acceptors (Lipinski definition) is 3. The quantitative estimate of drug-likeness (QED) is 0.697. The van der Waals surface area contributed by atoms with Gasteiger partial charge in [-0.05, 0) is 6.07 Å². The van der Waals surface area contributed by atoms with Crippen molar-refractivity contribution in [2.75, 3.05) is 0 Å². The largest absolute Gasteiger partial charge is 0.462 e. The molecule has 1 unspecified atom stereocenters. The third-order valence-electron chi connectivity index (χ3n) is 2.73. The average Bonchev–Trinajstić information content (AvgIpc) is 2.28. The molecule has 0 spiro atoms. The van der Waals surface area contributed by atoms with E-state index in [-0.39, 0.29) is 0 Å². The lowest BCUT2D eigenvalue weighted by atomic mass is 10.1. The van der Waals surface area contributed by atoms with E-state index in [1.54, 1.807) is 12.1 Å². The van der Waals surface area contributed by atoms with Crippen LogP contribution in [0.3, 0.4) is 0 Å². The Kier molecular flexibility index (Phi) is 2.49. The molecule has 0 fully saturated rings. The van der Waals surface area contributed by atoms with Crippen LogP contribution >= 0.6 is 0 Å². The molecule has 0 saturated carbocycles. The summed E-state index contributed by atoms with van der Waals surface area (Å²) < 4.78 is 11.3. The van der Waals surface area contributed by atoms with Crippen molar-refractivity contribution >= 4 is 6.29 Å². The second-order valence-electron chi connectivity index (χ2n) is 3.86. The van der Waals surface area contributed by atoms with Crippen molar-refractivity contribution in [2.45, 2.75) is 32.7 Å². The van der Waals surface area contributed by atoms with E-state index in [9.17, 15) is 4.79 Å². The van der Waals surface area contributed by atoms with E-state index in [0.29, 0.717) is 12.2 Å². The van der Waals surface area contributed by atoms with Crippen molar-refractivity contribution in [1.82, 2.24) is 0 Å². The van der Waals surface area contributed by atoms with Crippen molar-refractivity contribution in [3.8, 4) is 5.75 Å². The molecule has 0 amide bonds. The molecule has 1 aliphatic heterocycles. The van der Waals surface area contributed by atoms with Gasteiger partial charge in [0.2, 0.25) is 5.79 Å². The van der Waals surface area contributed by atoms with Crippen molar-refractivity contribution in [2.24, 2.45) is 0 Å². The van der Waals surface area contributed by atoms with Crippen molar-refractivity contribution in [3.05, 3.63) is 29.3 Å². The maximum atomic E-state index is 10.6. The molecule has 2 rings (SSSR count). The van der Waals surface area contributed by atoms with Gasteiger partial charge in [0.15, 0.2) is 0 Å². The molecule has 0 bridgehead atoms. The summed E-state index contributed by atoms with van der Waals surface area (Å²) in [6.07, 6.45) is 1.60. The van der Waals surface area contributed by atoms with Crippen LogP contribution in [0.4, 0.5) is 0 Å². The van der Waals surface area contributed by atoms with Crippen LogP contribution < -0.4 is 4.74 Å². The van der Waals surface area contributed by atoms with Gasteiger partial charge in [0, 0.05) is 24.5 Å². The summed E-state index contributed by atoms with van der Waals surface area (Å²) in [5.41, 5.74) is 1.63. The molecular formula is C12H14O3. The highest BCUT2D eigenvalue weighted by Crippen LogP contribution is 2.33. The molecule has 3 heteroatoms. The average molecular weight is 206 g/mol. The van der Waals surface area contributed by atoms with E-state index in [2.05, 4.69) is 0 Å². The first kappa shape index (κ1) is 10.2. The van der Waals surface area contributed by atoms with Crippen LogP contribution in [0.5, 0.6) is 5.75 Å². The number of rotatable bonds is 2. The number of aldehydes is 1. The van der Waals surface area contributed by atoms with Gasteiger partial charge in [-0.25, -0.2) is 0 Å². The molecule has 0 aromatic heterocycles. The minimum Gasteiger partial charge on any atom is -0.462 e. The van der Waals surface area contributed by atoms with Gasteiger partial charge in [-0.1, -0.05) is 19.1 Å². The lowest BCUT2D eigenvalue weighted by Crippen LogP contribution is -2.38. The molecular weight excluding hydrogens is 192 g/mol.